The van der Waals surface area contributed by atoms with E-state index in [0.29, 0.717) is 22.3 Å². The fourth-order valence-corrected chi connectivity index (χ4v) is 4.97. The molecule has 0 aliphatic rings. The molecule has 37 heavy (non-hydrogen) atoms. The summed E-state index contributed by atoms with van der Waals surface area (Å²) in [6.45, 7) is 5.09. The number of fused-ring (bicyclic) bond motifs is 1. The van der Waals surface area contributed by atoms with Gasteiger partial charge in [-0.2, -0.15) is 0 Å². The fourth-order valence-electron chi connectivity index (χ4n) is 3.64. The number of amides is 1. The van der Waals surface area contributed by atoms with Gasteiger partial charge in [-0.3, -0.25) is 9.52 Å². The molecule has 0 bridgehead atoms. The molecule has 0 spiro atoms. The number of nitrogens with zero attached hydrogens (tertiary/aromatic N) is 2. The lowest BCUT2D eigenvalue weighted by atomic mass is 9.88. The molecule has 7 nitrogen and oxygen atoms in total. The number of carbonyl (C=O) groups is 1. The molecule has 4 aromatic rings. The molecule has 11 heteroatoms. The van der Waals surface area contributed by atoms with E-state index in [9.17, 15) is 17.6 Å². The Kier molecular flexibility index (Phi) is 6.91. The molecule has 3 N–H and O–H groups in total. The van der Waals surface area contributed by atoms with Crippen LogP contribution in [-0.2, 0) is 21.2 Å². The standard InChI is InChI=1S/C26H23ClF2N4O3S/c1-14-4-6-17(11-18(14)27)37(35,36)33-21-9-7-19(28)23(24(21)29)15-5-8-20-16(10-15)13-31-22(32-20)12-26(2,3)25(30)34/h4-11,13,33H,12H2,1-3H3,(H2,30,34). The lowest BCUT2D eigenvalue weighted by Crippen LogP contribution is -2.33. The van der Waals surface area contributed by atoms with Crippen LogP contribution in [0.25, 0.3) is 22.0 Å². The van der Waals surface area contributed by atoms with Gasteiger partial charge in [0.25, 0.3) is 10.0 Å². The number of nitrogens with two attached hydrogens (primary N) is 1. The molecule has 0 saturated heterocycles. The Morgan fingerprint density at radius 3 is 2.51 bits per heavy atom. The third-order valence-corrected chi connectivity index (χ3v) is 7.74. The molecule has 3 aromatic carbocycles. The largest absolute Gasteiger partial charge is 0.369 e. The zero-order chi connectivity index (χ0) is 27.1. The minimum atomic E-state index is -4.20. The number of aryl methyl sites for hydroxylation is 1. The average Bonchev–Trinajstić information content (AvgIpc) is 2.82. The molecule has 0 aliphatic carbocycles. The lowest BCUT2D eigenvalue weighted by Gasteiger charge is -2.19. The van der Waals surface area contributed by atoms with Gasteiger partial charge in [0.05, 0.1) is 27.1 Å². The molecule has 0 aliphatic heterocycles. The molecule has 4 rings (SSSR count). The van der Waals surface area contributed by atoms with Crippen LogP contribution in [0.1, 0.15) is 25.2 Å². The molecule has 1 amide bonds. The van der Waals surface area contributed by atoms with Crippen molar-refractivity contribution in [3.8, 4) is 11.1 Å². The second-order valence-electron chi connectivity index (χ2n) is 9.29. The van der Waals surface area contributed by atoms with Crippen molar-refractivity contribution in [2.45, 2.75) is 32.1 Å². The van der Waals surface area contributed by atoms with E-state index in [0.717, 1.165) is 12.1 Å². The second kappa shape index (κ2) is 9.68. The Hall–Kier alpha value is -3.63. The quantitative estimate of drug-likeness (QED) is 0.323. The molecule has 1 aromatic heterocycles. The van der Waals surface area contributed by atoms with Crippen molar-refractivity contribution in [1.29, 1.82) is 0 Å². The number of halogens is 3. The molecule has 0 unspecified atom stereocenters. The molecule has 192 valence electrons. The van der Waals surface area contributed by atoms with Crippen LogP contribution in [0.5, 0.6) is 0 Å². The van der Waals surface area contributed by atoms with Crippen LogP contribution in [0.4, 0.5) is 14.5 Å². The van der Waals surface area contributed by atoms with Crippen LogP contribution >= 0.6 is 11.6 Å². The van der Waals surface area contributed by atoms with E-state index in [-0.39, 0.29) is 21.9 Å². The van der Waals surface area contributed by atoms with Gasteiger partial charge in [-0.15, -0.1) is 0 Å². The van der Waals surface area contributed by atoms with Gasteiger partial charge < -0.3 is 5.73 Å². The summed E-state index contributed by atoms with van der Waals surface area (Å²) in [5, 5.41) is 0.736. The summed E-state index contributed by atoms with van der Waals surface area (Å²) in [6, 6.07) is 10.7. The highest BCUT2D eigenvalue weighted by molar-refractivity contribution is 7.92. The Labute approximate surface area is 217 Å². The maximum absolute atomic E-state index is 15.5. The summed E-state index contributed by atoms with van der Waals surface area (Å²) in [6.07, 6.45) is 1.71. The van der Waals surface area contributed by atoms with Crippen molar-refractivity contribution in [2.24, 2.45) is 11.1 Å². The number of anilines is 1. The number of benzene rings is 3. The van der Waals surface area contributed by atoms with Crippen LogP contribution in [0.15, 0.2) is 59.6 Å². The van der Waals surface area contributed by atoms with Crippen LogP contribution in [0, 0.1) is 24.0 Å². The van der Waals surface area contributed by atoms with Gasteiger partial charge in [0.15, 0.2) is 5.82 Å². The van der Waals surface area contributed by atoms with E-state index in [4.69, 9.17) is 17.3 Å². The molecule has 0 atom stereocenters. The number of aromatic nitrogens is 2. The predicted octanol–water partition coefficient (Wildman–Crippen LogP) is 5.39. The Bertz CT molecular complexity index is 1660. The maximum Gasteiger partial charge on any atom is 0.262 e. The van der Waals surface area contributed by atoms with Gasteiger partial charge in [0.1, 0.15) is 11.6 Å². The molecule has 0 saturated carbocycles. The summed E-state index contributed by atoms with van der Waals surface area (Å²) in [5.41, 5.74) is 5.08. The molecule has 0 fully saturated rings. The van der Waals surface area contributed by atoms with Crippen molar-refractivity contribution in [3.63, 3.8) is 0 Å². The first-order valence-corrected chi connectivity index (χ1v) is 13.0. The fraction of sp³-hybridized carbons (Fsp3) is 0.192. The topological polar surface area (TPSA) is 115 Å². The first kappa shape index (κ1) is 26.4. The van der Waals surface area contributed by atoms with E-state index < -0.39 is 44.2 Å². The van der Waals surface area contributed by atoms with Gasteiger partial charge in [0, 0.05) is 23.0 Å². The number of hydrogen-bond acceptors (Lipinski definition) is 5. The van der Waals surface area contributed by atoms with Crippen molar-refractivity contribution in [1.82, 2.24) is 9.97 Å². The summed E-state index contributed by atoms with van der Waals surface area (Å²) in [5.74, 6) is -2.05. The normalized spacial score (nSPS) is 12.1. The van der Waals surface area contributed by atoms with Gasteiger partial charge in [0.2, 0.25) is 5.91 Å². The number of sulfonamides is 1. The highest BCUT2D eigenvalue weighted by atomic mass is 35.5. The zero-order valence-electron chi connectivity index (χ0n) is 20.1. The third kappa shape index (κ3) is 5.40. The van der Waals surface area contributed by atoms with Crippen LogP contribution in [0.3, 0.4) is 0 Å². The average molecular weight is 545 g/mol. The number of primary amides is 1. The van der Waals surface area contributed by atoms with Crippen LogP contribution < -0.4 is 10.5 Å². The lowest BCUT2D eigenvalue weighted by molar-refractivity contribution is -0.126. The smallest absolute Gasteiger partial charge is 0.262 e. The Balaban J connectivity index is 1.70. The highest BCUT2D eigenvalue weighted by Gasteiger charge is 2.27. The molecular weight excluding hydrogens is 522 g/mol. The predicted molar refractivity (Wildman–Crippen MR) is 139 cm³/mol. The summed E-state index contributed by atoms with van der Waals surface area (Å²) in [4.78, 5) is 20.1. The third-order valence-electron chi connectivity index (χ3n) is 5.97. The zero-order valence-corrected chi connectivity index (χ0v) is 21.7. The summed E-state index contributed by atoms with van der Waals surface area (Å²) < 4.78 is 58.1. The monoisotopic (exact) mass is 544 g/mol. The molecule has 1 heterocycles. The maximum atomic E-state index is 15.5. The number of carbonyl (C=O) groups excluding carboxylic acids is 1. The minimum Gasteiger partial charge on any atom is -0.369 e. The van der Waals surface area contributed by atoms with Gasteiger partial charge in [-0.1, -0.05) is 37.6 Å². The van der Waals surface area contributed by atoms with Crippen molar-refractivity contribution >= 4 is 44.1 Å². The second-order valence-corrected chi connectivity index (χ2v) is 11.4. The van der Waals surface area contributed by atoms with E-state index in [1.165, 1.54) is 36.5 Å². The van der Waals surface area contributed by atoms with Crippen LogP contribution in [0.2, 0.25) is 5.02 Å². The summed E-state index contributed by atoms with van der Waals surface area (Å²) in [7, 11) is -4.20. The SMILES string of the molecule is Cc1ccc(S(=O)(=O)Nc2ccc(F)c(-c3ccc4nc(CC(C)(C)C(N)=O)ncc4c3)c2F)cc1Cl. The van der Waals surface area contributed by atoms with Crippen molar-refractivity contribution in [3.05, 3.63) is 82.8 Å². The first-order chi connectivity index (χ1) is 17.3. The van der Waals surface area contributed by atoms with Gasteiger partial charge in [-0.05, 0) is 54.4 Å². The van der Waals surface area contributed by atoms with E-state index in [2.05, 4.69) is 14.7 Å². The van der Waals surface area contributed by atoms with Crippen molar-refractivity contribution in [2.75, 3.05) is 4.72 Å². The van der Waals surface area contributed by atoms with E-state index in [1.54, 1.807) is 26.8 Å². The number of rotatable bonds is 7. The highest BCUT2D eigenvalue weighted by Crippen LogP contribution is 2.33. The minimum absolute atomic E-state index is 0.161. The number of nitrogens with one attached hydrogen (secondary N) is 1. The van der Waals surface area contributed by atoms with Gasteiger partial charge in [-0.25, -0.2) is 27.2 Å². The molecular formula is C26H23ClF2N4O3S. The van der Waals surface area contributed by atoms with Gasteiger partial charge >= 0.3 is 0 Å². The molecule has 0 radical (unpaired) electrons. The Morgan fingerprint density at radius 2 is 1.84 bits per heavy atom. The van der Waals surface area contributed by atoms with E-state index in [1.807, 2.05) is 0 Å². The van der Waals surface area contributed by atoms with Crippen molar-refractivity contribution < 1.29 is 22.0 Å². The number of hydrogen-bond donors (Lipinski definition) is 2. The van der Waals surface area contributed by atoms with Crippen LogP contribution in [-0.4, -0.2) is 24.3 Å². The summed E-state index contributed by atoms with van der Waals surface area (Å²) >= 11 is 6.04. The Morgan fingerprint density at radius 1 is 1.11 bits per heavy atom. The first-order valence-electron chi connectivity index (χ1n) is 11.1. The van der Waals surface area contributed by atoms with E-state index >= 15 is 4.39 Å².